The number of aliphatic carboxylic acids is 1. The summed E-state index contributed by atoms with van der Waals surface area (Å²) in [5.74, 6) is -0.628. The Labute approximate surface area is 126 Å². The summed E-state index contributed by atoms with van der Waals surface area (Å²) in [4.78, 5) is 14.4. The summed E-state index contributed by atoms with van der Waals surface area (Å²) in [6, 6.07) is 0. The number of nitrogens with one attached hydrogen (secondary N) is 1. The molecule has 1 heterocycles. The topological polar surface area (TPSA) is 79.1 Å². The monoisotopic (exact) mass is 290 g/mol. The third-order valence-corrected chi connectivity index (χ3v) is 3.24. The number of hydrogen-bond donors (Lipinski definition) is 3. The van der Waals surface area contributed by atoms with E-state index in [9.17, 15) is 9.90 Å². The fourth-order valence-electron chi connectivity index (χ4n) is 2.09. The molecular formula is C17H26N2O2. The molecule has 4 N–H and O–H groups in total. The van der Waals surface area contributed by atoms with Crippen LogP contribution in [0.25, 0.3) is 12.2 Å². The zero-order valence-electron chi connectivity index (χ0n) is 13.4. The largest absolute Gasteiger partial charge is 0.480 e. The van der Waals surface area contributed by atoms with Crippen LogP contribution in [-0.2, 0) is 11.2 Å². The van der Waals surface area contributed by atoms with Crippen LogP contribution < -0.4 is 16.3 Å². The molecule has 1 atom stereocenters. The molecule has 0 aliphatic heterocycles. The van der Waals surface area contributed by atoms with E-state index in [0.29, 0.717) is 5.92 Å². The second kappa shape index (κ2) is 6.76. The van der Waals surface area contributed by atoms with Gasteiger partial charge in [0.2, 0.25) is 0 Å². The van der Waals surface area contributed by atoms with Crippen LogP contribution in [0.1, 0.15) is 39.7 Å². The van der Waals surface area contributed by atoms with Gasteiger partial charge in [0.1, 0.15) is 5.54 Å². The van der Waals surface area contributed by atoms with Gasteiger partial charge < -0.3 is 15.8 Å². The molecule has 0 unspecified atom stereocenters. The van der Waals surface area contributed by atoms with E-state index in [4.69, 9.17) is 5.73 Å². The number of carboxylic acids is 1. The SMILES string of the molecule is C=C(C)C/C=c1/[nH]cc(C[C@](C)(N)C(=O)O)/c1=C/C(C)C. The Bertz CT molecular complexity index is 636. The van der Waals surface area contributed by atoms with E-state index >= 15 is 0 Å². The molecule has 0 amide bonds. The first-order valence-corrected chi connectivity index (χ1v) is 7.18. The van der Waals surface area contributed by atoms with Crippen LogP contribution in [0.15, 0.2) is 18.3 Å². The molecule has 0 fully saturated rings. The van der Waals surface area contributed by atoms with Crippen molar-refractivity contribution in [2.75, 3.05) is 0 Å². The first-order valence-electron chi connectivity index (χ1n) is 7.18. The smallest absolute Gasteiger partial charge is 0.323 e. The molecule has 0 aliphatic rings. The molecular weight excluding hydrogens is 264 g/mol. The second-order valence-corrected chi connectivity index (χ2v) is 6.32. The van der Waals surface area contributed by atoms with Crippen molar-refractivity contribution in [3.63, 3.8) is 0 Å². The number of hydrogen-bond acceptors (Lipinski definition) is 2. The van der Waals surface area contributed by atoms with Crippen LogP contribution in [0.5, 0.6) is 0 Å². The highest BCUT2D eigenvalue weighted by Crippen LogP contribution is 2.07. The number of allylic oxidation sites excluding steroid dienone is 1. The van der Waals surface area contributed by atoms with Crippen LogP contribution in [-0.4, -0.2) is 21.6 Å². The van der Waals surface area contributed by atoms with Crippen LogP contribution in [0.4, 0.5) is 0 Å². The maximum absolute atomic E-state index is 11.2. The fraction of sp³-hybridized carbons (Fsp3) is 0.471. The van der Waals surface area contributed by atoms with Crippen molar-refractivity contribution in [1.29, 1.82) is 0 Å². The van der Waals surface area contributed by atoms with Crippen LogP contribution in [0.3, 0.4) is 0 Å². The third-order valence-electron chi connectivity index (χ3n) is 3.24. The molecule has 4 heteroatoms. The summed E-state index contributed by atoms with van der Waals surface area (Å²) in [5.41, 5.74) is 6.61. The van der Waals surface area contributed by atoms with Gasteiger partial charge in [-0.05, 0) is 37.0 Å². The normalized spacial score (nSPS) is 16.3. The maximum atomic E-state index is 11.2. The van der Waals surface area contributed by atoms with Gasteiger partial charge in [-0.15, -0.1) is 0 Å². The highest BCUT2D eigenvalue weighted by Gasteiger charge is 2.28. The van der Waals surface area contributed by atoms with Crippen molar-refractivity contribution in [2.45, 2.75) is 46.1 Å². The van der Waals surface area contributed by atoms with Gasteiger partial charge in [-0.1, -0.05) is 38.2 Å². The lowest BCUT2D eigenvalue weighted by atomic mass is 9.94. The van der Waals surface area contributed by atoms with E-state index in [2.05, 4.69) is 37.6 Å². The predicted octanol–water partition coefficient (Wildman–Crippen LogP) is 1.54. The Morgan fingerprint density at radius 3 is 2.67 bits per heavy atom. The second-order valence-electron chi connectivity index (χ2n) is 6.32. The Kier molecular flexibility index (Phi) is 5.55. The van der Waals surface area contributed by atoms with Crippen molar-refractivity contribution in [3.05, 3.63) is 34.5 Å². The summed E-state index contributed by atoms with van der Waals surface area (Å²) in [5, 5.41) is 11.2. The number of rotatable bonds is 6. The van der Waals surface area contributed by atoms with Crippen LogP contribution in [0, 0.1) is 5.92 Å². The van der Waals surface area contributed by atoms with Crippen molar-refractivity contribution in [1.82, 2.24) is 4.98 Å². The number of aromatic amines is 1. The average Bonchev–Trinajstić information content (AvgIpc) is 2.68. The number of H-pyrrole nitrogens is 1. The van der Waals surface area contributed by atoms with E-state index in [0.717, 1.165) is 28.1 Å². The van der Waals surface area contributed by atoms with E-state index in [1.165, 1.54) is 0 Å². The number of aromatic nitrogens is 1. The van der Waals surface area contributed by atoms with Gasteiger partial charge in [0.05, 0.1) is 0 Å². The van der Waals surface area contributed by atoms with Crippen LogP contribution >= 0.6 is 0 Å². The quantitative estimate of drug-likeness (QED) is 0.695. The summed E-state index contributed by atoms with van der Waals surface area (Å²) in [6.07, 6.45) is 7.14. The standard InChI is InChI=1S/C17H26N2O2/c1-11(2)6-7-15-14(8-12(3)4)13(10-19-15)9-17(5,18)16(20)21/h7-8,10,12,19H,1,6,9,18H2,2-5H3,(H,20,21)/b14-8-,15-7+/t17-/m0/s1. The molecule has 1 aromatic rings. The summed E-state index contributed by atoms with van der Waals surface area (Å²) >= 11 is 0. The summed E-state index contributed by atoms with van der Waals surface area (Å²) in [6.45, 7) is 11.6. The molecule has 0 saturated heterocycles. The van der Waals surface area contributed by atoms with Gasteiger partial charge in [0.15, 0.2) is 0 Å². The number of carboxylic acid groups (broad SMARTS) is 1. The molecule has 0 bridgehead atoms. The molecule has 0 aromatic carbocycles. The van der Waals surface area contributed by atoms with Gasteiger partial charge in [0.25, 0.3) is 0 Å². The molecule has 0 spiro atoms. The molecule has 0 aliphatic carbocycles. The third kappa shape index (κ3) is 4.90. The van der Waals surface area contributed by atoms with Crippen molar-refractivity contribution in [3.8, 4) is 0 Å². The van der Waals surface area contributed by atoms with Gasteiger partial charge in [-0.2, -0.15) is 0 Å². The number of carbonyl (C=O) groups is 1. The molecule has 21 heavy (non-hydrogen) atoms. The maximum Gasteiger partial charge on any atom is 0.323 e. The van der Waals surface area contributed by atoms with Gasteiger partial charge in [0, 0.05) is 18.0 Å². The predicted molar refractivity (Wildman–Crippen MR) is 87.2 cm³/mol. The fourth-order valence-corrected chi connectivity index (χ4v) is 2.09. The lowest BCUT2D eigenvalue weighted by Gasteiger charge is -2.18. The summed E-state index contributed by atoms with van der Waals surface area (Å²) < 4.78 is 0. The van der Waals surface area contributed by atoms with Crippen LogP contribution in [0.2, 0.25) is 0 Å². The average molecular weight is 290 g/mol. The van der Waals surface area contributed by atoms with E-state index < -0.39 is 11.5 Å². The first kappa shape index (κ1) is 17.2. The Morgan fingerprint density at radius 2 is 2.19 bits per heavy atom. The molecule has 4 nitrogen and oxygen atoms in total. The minimum atomic E-state index is -1.27. The Hall–Kier alpha value is -1.81. The Balaban J connectivity index is 3.32. The van der Waals surface area contributed by atoms with Gasteiger partial charge in [-0.3, -0.25) is 4.79 Å². The zero-order chi connectivity index (χ0) is 16.2. The van der Waals surface area contributed by atoms with E-state index in [-0.39, 0.29) is 6.42 Å². The minimum Gasteiger partial charge on any atom is -0.480 e. The van der Waals surface area contributed by atoms with E-state index in [1.54, 1.807) is 6.92 Å². The Morgan fingerprint density at radius 1 is 1.57 bits per heavy atom. The number of nitrogens with two attached hydrogens (primary N) is 1. The molecule has 1 rings (SSSR count). The van der Waals surface area contributed by atoms with Gasteiger partial charge >= 0.3 is 5.97 Å². The highest BCUT2D eigenvalue weighted by molar-refractivity contribution is 5.78. The zero-order valence-corrected chi connectivity index (χ0v) is 13.4. The van der Waals surface area contributed by atoms with Crippen molar-refractivity contribution in [2.24, 2.45) is 11.7 Å². The molecule has 0 saturated carbocycles. The lowest BCUT2D eigenvalue weighted by molar-refractivity contribution is -0.142. The molecule has 1 aromatic heterocycles. The van der Waals surface area contributed by atoms with Gasteiger partial charge in [-0.25, -0.2) is 0 Å². The lowest BCUT2D eigenvalue weighted by Crippen LogP contribution is -2.48. The van der Waals surface area contributed by atoms with Crippen molar-refractivity contribution >= 4 is 18.1 Å². The molecule has 0 radical (unpaired) electrons. The first-order chi connectivity index (χ1) is 9.63. The minimum absolute atomic E-state index is 0.290. The van der Waals surface area contributed by atoms with Crippen molar-refractivity contribution < 1.29 is 9.90 Å². The highest BCUT2D eigenvalue weighted by atomic mass is 16.4. The molecule has 116 valence electrons. The summed E-state index contributed by atoms with van der Waals surface area (Å²) in [7, 11) is 0. The van der Waals surface area contributed by atoms with E-state index in [1.807, 2.05) is 13.1 Å².